The van der Waals surface area contributed by atoms with Crippen LogP contribution >= 0.6 is 0 Å². The Bertz CT molecular complexity index is 707. The third-order valence-electron chi connectivity index (χ3n) is 2.70. The van der Waals surface area contributed by atoms with Gasteiger partial charge < -0.3 is 5.32 Å². The summed E-state index contributed by atoms with van der Waals surface area (Å²) < 4.78 is 1.61. The summed E-state index contributed by atoms with van der Waals surface area (Å²) >= 11 is 0. The Morgan fingerprint density at radius 1 is 1.45 bits per heavy atom. The number of nitrogens with one attached hydrogen (secondary N) is 1. The van der Waals surface area contributed by atoms with E-state index < -0.39 is 0 Å². The second-order valence-electron chi connectivity index (χ2n) is 4.35. The summed E-state index contributed by atoms with van der Waals surface area (Å²) in [6, 6.07) is 10.9. The number of benzene rings is 1. The van der Waals surface area contributed by atoms with E-state index in [0.29, 0.717) is 11.4 Å². The molecular formula is C15H14N4O. The zero-order valence-corrected chi connectivity index (χ0v) is 11.3. The lowest BCUT2D eigenvalue weighted by atomic mass is 10.1. The van der Waals surface area contributed by atoms with Crippen LogP contribution in [-0.4, -0.2) is 15.7 Å². The van der Waals surface area contributed by atoms with Crippen molar-refractivity contribution in [1.29, 1.82) is 5.26 Å². The van der Waals surface area contributed by atoms with Crippen LogP contribution < -0.4 is 5.32 Å². The highest BCUT2D eigenvalue weighted by molar-refractivity contribution is 6.01. The molecule has 5 nitrogen and oxygen atoms in total. The number of rotatable bonds is 3. The molecule has 1 amide bonds. The van der Waals surface area contributed by atoms with Gasteiger partial charge in [0, 0.05) is 19.2 Å². The van der Waals surface area contributed by atoms with Crippen LogP contribution in [0.15, 0.2) is 36.4 Å². The van der Waals surface area contributed by atoms with Crippen LogP contribution in [0.4, 0.5) is 5.82 Å². The molecule has 0 saturated heterocycles. The number of amides is 1. The largest absolute Gasteiger partial charge is 0.307 e. The number of hydrogen-bond acceptors (Lipinski definition) is 3. The van der Waals surface area contributed by atoms with Gasteiger partial charge in [-0.1, -0.05) is 12.1 Å². The average Bonchev–Trinajstić information content (AvgIpc) is 2.75. The number of nitriles is 1. The summed E-state index contributed by atoms with van der Waals surface area (Å²) in [6.45, 7) is 1.86. The van der Waals surface area contributed by atoms with E-state index in [1.807, 2.05) is 13.0 Å². The molecule has 20 heavy (non-hydrogen) atoms. The van der Waals surface area contributed by atoms with Crippen molar-refractivity contribution in [1.82, 2.24) is 9.78 Å². The molecule has 0 aliphatic carbocycles. The fourth-order valence-electron chi connectivity index (χ4n) is 1.78. The summed E-state index contributed by atoms with van der Waals surface area (Å²) in [4.78, 5) is 11.8. The minimum Gasteiger partial charge on any atom is -0.307 e. The highest BCUT2D eigenvalue weighted by atomic mass is 16.1. The van der Waals surface area contributed by atoms with Gasteiger partial charge in [-0.05, 0) is 30.7 Å². The van der Waals surface area contributed by atoms with Gasteiger partial charge in [0.25, 0.3) is 0 Å². The fourth-order valence-corrected chi connectivity index (χ4v) is 1.78. The quantitative estimate of drug-likeness (QED) is 0.866. The number of aromatic nitrogens is 2. The van der Waals surface area contributed by atoms with Crippen molar-refractivity contribution in [2.24, 2.45) is 7.05 Å². The molecule has 0 spiro atoms. The summed E-state index contributed by atoms with van der Waals surface area (Å²) in [5.41, 5.74) is 2.21. The van der Waals surface area contributed by atoms with Crippen LogP contribution in [0.2, 0.25) is 0 Å². The standard InChI is InChI=1S/C15H14N4O/c1-11-8-14(19(2)18-11)17-15(20)7-6-12-4-3-5-13(9-12)10-16/h3-9H,1-2H3,(H,17,20). The number of carbonyl (C=O) groups excluding carboxylic acids is 1. The molecule has 2 rings (SSSR count). The molecule has 1 N–H and O–H groups in total. The second kappa shape index (κ2) is 5.85. The lowest BCUT2D eigenvalue weighted by molar-refractivity contribution is -0.111. The number of anilines is 1. The fraction of sp³-hybridized carbons (Fsp3) is 0.133. The average molecular weight is 266 g/mol. The lowest BCUT2D eigenvalue weighted by Gasteiger charge is -2.01. The third-order valence-corrected chi connectivity index (χ3v) is 2.70. The topological polar surface area (TPSA) is 70.7 Å². The van der Waals surface area contributed by atoms with Crippen LogP contribution in [0.5, 0.6) is 0 Å². The number of carbonyl (C=O) groups is 1. The molecule has 1 aromatic carbocycles. The summed E-state index contributed by atoms with van der Waals surface area (Å²) in [5, 5.41) is 15.7. The molecule has 0 bridgehead atoms. The van der Waals surface area contributed by atoms with Crippen molar-refractivity contribution in [2.45, 2.75) is 6.92 Å². The highest BCUT2D eigenvalue weighted by Gasteiger charge is 2.04. The maximum atomic E-state index is 11.8. The van der Waals surface area contributed by atoms with Gasteiger partial charge >= 0.3 is 0 Å². The maximum Gasteiger partial charge on any atom is 0.249 e. The van der Waals surface area contributed by atoms with Crippen molar-refractivity contribution in [2.75, 3.05) is 5.32 Å². The summed E-state index contributed by atoms with van der Waals surface area (Å²) in [5.74, 6) is 0.401. The summed E-state index contributed by atoms with van der Waals surface area (Å²) in [6.07, 6.45) is 3.10. The van der Waals surface area contributed by atoms with Crippen molar-refractivity contribution in [3.05, 3.63) is 53.2 Å². The Labute approximate surface area is 117 Å². The lowest BCUT2D eigenvalue weighted by Crippen LogP contribution is -2.11. The first-order valence-corrected chi connectivity index (χ1v) is 6.08. The van der Waals surface area contributed by atoms with E-state index in [-0.39, 0.29) is 5.91 Å². The van der Waals surface area contributed by atoms with Crippen molar-refractivity contribution in [3.63, 3.8) is 0 Å². The van der Waals surface area contributed by atoms with Gasteiger partial charge in [-0.3, -0.25) is 9.48 Å². The molecule has 0 unspecified atom stereocenters. The molecule has 0 radical (unpaired) electrons. The summed E-state index contributed by atoms with van der Waals surface area (Å²) in [7, 11) is 1.77. The van der Waals surface area contributed by atoms with Gasteiger partial charge in [-0.25, -0.2) is 0 Å². The minimum atomic E-state index is -0.240. The van der Waals surface area contributed by atoms with Crippen LogP contribution in [0.3, 0.4) is 0 Å². The van der Waals surface area contributed by atoms with E-state index in [9.17, 15) is 4.79 Å². The molecule has 0 saturated carbocycles. The Hall–Kier alpha value is -2.87. The molecular weight excluding hydrogens is 252 g/mol. The number of nitrogens with zero attached hydrogens (tertiary/aromatic N) is 3. The van der Waals surface area contributed by atoms with E-state index >= 15 is 0 Å². The molecule has 1 aromatic heterocycles. The first kappa shape index (κ1) is 13.6. The highest BCUT2D eigenvalue weighted by Crippen LogP contribution is 2.09. The van der Waals surface area contributed by atoms with Gasteiger partial charge in [0.2, 0.25) is 5.91 Å². The monoisotopic (exact) mass is 266 g/mol. The van der Waals surface area contributed by atoms with Crippen molar-refractivity contribution in [3.8, 4) is 6.07 Å². The molecule has 5 heteroatoms. The van der Waals surface area contributed by atoms with Crippen molar-refractivity contribution < 1.29 is 4.79 Å². The Morgan fingerprint density at radius 2 is 2.25 bits per heavy atom. The Kier molecular flexibility index (Phi) is 3.96. The zero-order chi connectivity index (χ0) is 14.5. The molecule has 0 fully saturated rings. The van der Waals surface area contributed by atoms with Crippen LogP contribution in [0.1, 0.15) is 16.8 Å². The van der Waals surface area contributed by atoms with Crippen LogP contribution in [0, 0.1) is 18.3 Å². The van der Waals surface area contributed by atoms with E-state index in [1.165, 1.54) is 6.08 Å². The van der Waals surface area contributed by atoms with Gasteiger partial charge in [-0.2, -0.15) is 10.4 Å². The van der Waals surface area contributed by atoms with Gasteiger partial charge in [0.05, 0.1) is 17.3 Å². The Morgan fingerprint density at radius 3 is 2.90 bits per heavy atom. The third kappa shape index (κ3) is 3.33. The van der Waals surface area contributed by atoms with E-state index in [0.717, 1.165) is 11.3 Å². The van der Waals surface area contributed by atoms with Crippen molar-refractivity contribution >= 4 is 17.8 Å². The first-order chi connectivity index (χ1) is 9.58. The molecule has 1 heterocycles. The normalized spacial score (nSPS) is 10.4. The van der Waals surface area contributed by atoms with E-state index in [1.54, 1.807) is 42.1 Å². The van der Waals surface area contributed by atoms with Crippen LogP contribution in [-0.2, 0) is 11.8 Å². The predicted molar refractivity (Wildman–Crippen MR) is 76.8 cm³/mol. The minimum absolute atomic E-state index is 0.240. The second-order valence-corrected chi connectivity index (χ2v) is 4.35. The van der Waals surface area contributed by atoms with E-state index in [4.69, 9.17) is 5.26 Å². The molecule has 0 aliphatic heterocycles. The molecule has 0 atom stereocenters. The SMILES string of the molecule is Cc1cc(NC(=O)C=Cc2cccc(C#N)c2)n(C)n1. The number of hydrogen-bond donors (Lipinski definition) is 1. The Balaban J connectivity index is 2.06. The first-order valence-electron chi connectivity index (χ1n) is 6.08. The predicted octanol–water partition coefficient (Wildman–Crippen LogP) is 2.25. The van der Waals surface area contributed by atoms with Gasteiger partial charge in [-0.15, -0.1) is 0 Å². The van der Waals surface area contributed by atoms with Crippen LogP contribution in [0.25, 0.3) is 6.08 Å². The molecule has 0 aliphatic rings. The molecule has 2 aromatic rings. The number of aryl methyl sites for hydroxylation is 2. The van der Waals surface area contributed by atoms with Gasteiger partial charge in [0.15, 0.2) is 0 Å². The van der Waals surface area contributed by atoms with Gasteiger partial charge in [0.1, 0.15) is 5.82 Å². The van der Waals surface area contributed by atoms with E-state index in [2.05, 4.69) is 16.5 Å². The zero-order valence-electron chi connectivity index (χ0n) is 11.3. The molecule has 100 valence electrons. The smallest absolute Gasteiger partial charge is 0.249 e. The maximum absolute atomic E-state index is 11.8.